The van der Waals surface area contributed by atoms with Crippen LogP contribution in [-0.4, -0.2) is 55.3 Å². The van der Waals surface area contributed by atoms with Crippen molar-refractivity contribution in [1.29, 1.82) is 0 Å². The van der Waals surface area contributed by atoms with Crippen LogP contribution in [0.25, 0.3) is 0 Å². The number of benzene rings is 2. The van der Waals surface area contributed by atoms with Crippen LogP contribution in [0.3, 0.4) is 0 Å². The molecule has 0 spiro atoms. The zero-order valence-electron chi connectivity index (χ0n) is 17.2. The molecule has 2 aromatic carbocycles. The van der Waals surface area contributed by atoms with Gasteiger partial charge in [0.15, 0.2) is 0 Å². The molecule has 30 heavy (non-hydrogen) atoms. The number of rotatable bonds is 6. The van der Waals surface area contributed by atoms with Crippen LogP contribution in [0.15, 0.2) is 48.5 Å². The number of aliphatic hydroxyl groups excluding tert-OH is 1. The third-order valence-electron chi connectivity index (χ3n) is 5.88. The number of ether oxygens (including phenoxy) is 1. The standard InChI is InChI=1S/C23H27N3O4/c1-30-21-8-2-17(3-9-21)15-26-22(28)11-13-25(23(26)29)20-6-4-19(5-7-20)24-12-10-18(14-24)16-27/h2-9,18,27H,10-16H2,1H3. The highest BCUT2D eigenvalue weighted by atomic mass is 16.5. The zero-order valence-corrected chi connectivity index (χ0v) is 17.2. The normalized spacial score (nSPS) is 19.5. The molecule has 158 valence electrons. The summed E-state index contributed by atoms with van der Waals surface area (Å²) in [5, 5.41) is 9.34. The minimum absolute atomic E-state index is 0.157. The largest absolute Gasteiger partial charge is 0.497 e. The van der Waals surface area contributed by atoms with E-state index in [0.717, 1.165) is 42.2 Å². The van der Waals surface area contributed by atoms with E-state index in [-0.39, 0.29) is 25.1 Å². The maximum atomic E-state index is 13.1. The summed E-state index contributed by atoms with van der Waals surface area (Å²) in [6.45, 7) is 2.62. The van der Waals surface area contributed by atoms with Crippen LogP contribution in [-0.2, 0) is 11.3 Å². The maximum absolute atomic E-state index is 13.1. The summed E-state index contributed by atoms with van der Waals surface area (Å²) >= 11 is 0. The van der Waals surface area contributed by atoms with Gasteiger partial charge in [-0.1, -0.05) is 12.1 Å². The van der Waals surface area contributed by atoms with E-state index in [4.69, 9.17) is 4.74 Å². The molecule has 2 heterocycles. The number of imide groups is 1. The molecule has 7 nitrogen and oxygen atoms in total. The predicted octanol–water partition coefficient (Wildman–Crippen LogP) is 2.87. The Balaban J connectivity index is 1.46. The van der Waals surface area contributed by atoms with Crippen LogP contribution in [0.5, 0.6) is 5.75 Å². The van der Waals surface area contributed by atoms with E-state index in [2.05, 4.69) is 4.90 Å². The Morgan fingerprint density at radius 3 is 2.33 bits per heavy atom. The summed E-state index contributed by atoms with van der Waals surface area (Å²) in [5.74, 6) is 0.904. The molecule has 1 N–H and O–H groups in total. The molecule has 2 aliphatic rings. The molecule has 2 saturated heterocycles. The highest BCUT2D eigenvalue weighted by molar-refractivity contribution is 6.05. The van der Waals surface area contributed by atoms with Crippen LogP contribution in [0.4, 0.5) is 16.2 Å². The molecule has 1 unspecified atom stereocenters. The van der Waals surface area contributed by atoms with Gasteiger partial charge < -0.3 is 14.7 Å². The Bertz CT molecular complexity index is 898. The van der Waals surface area contributed by atoms with Crippen LogP contribution in [0, 0.1) is 5.92 Å². The number of amides is 3. The lowest BCUT2D eigenvalue weighted by molar-refractivity contribution is -0.129. The van der Waals surface area contributed by atoms with Gasteiger partial charge in [0, 0.05) is 50.0 Å². The average molecular weight is 409 g/mol. The number of nitrogens with zero attached hydrogens (tertiary/aromatic N) is 3. The van der Waals surface area contributed by atoms with Crippen molar-refractivity contribution in [3.63, 3.8) is 0 Å². The fourth-order valence-electron chi connectivity index (χ4n) is 4.06. The highest BCUT2D eigenvalue weighted by Crippen LogP contribution is 2.28. The average Bonchev–Trinajstić information content (AvgIpc) is 3.27. The Morgan fingerprint density at radius 2 is 1.70 bits per heavy atom. The van der Waals surface area contributed by atoms with Gasteiger partial charge in [0.25, 0.3) is 0 Å². The molecule has 2 aromatic rings. The second kappa shape index (κ2) is 8.75. The molecule has 7 heteroatoms. The van der Waals surface area contributed by atoms with Gasteiger partial charge in [0.2, 0.25) is 5.91 Å². The van der Waals surface area contributed by atoms with Crippen LogP contribution in [0.1, 0.15) is 18.4 Å². The van der Waals surface area contributed by atoms with Gasteiger partial charge >= 0.3 is 6.03 Å². The Labute approximate surface area is 176 Å². The predicted molar refractivity (Wildman–Crippen MR) is 115 cm³/mol. The highest BCUT2D eigenvalue weighted by Gasteiger charge is 2.33. The summed E-state index contributed by atoms with van der Waals surface area (Å²) < 4.78 is 5.16. The molecule has 0 radical (unpaired) electrons. The number of carbonyl (C=O) groups excluding carboxylic acids is 2. The van der Waals surface area contributed by atoms with Crippen LogP contribution >= 0.6 is 0 Å². The molecular formula is C23H27N3O4. The molecule has 0 aromatic heterocycles. The third kappa shape index (κ3) is 4.11. The van der Waals surface area contributed by atoms with Gasteiger partial charge in [-0.15, -0.1) is 0 Å². The quantitative estimate of drug-likeness (QED) is 0.794. The van der Waals surface area contributed by atoms with E-state index in [1.165, 1.54) is 4.90 Å². The summed E-state index contributed by atoms with van der Waals surface area (Å²) in [6, 6.07) is 15.0. The second-order valence-electron chi connectivity index (χ2n) is 7.81. The summed E-state index contributed by atoms with van der Waals surface area (Å²) in [5.41, 5.74) is 2.75. The number of aliphatic hydroxyl groups is 1. The fraction of sp³-hybridized carbons (Fsp3) is 0.391. The Hall–Kier alpha value is -3.06. The van der Waals surface area contributed by atoms with Gasteiger partial charge in [0.05, 0.1) is 13.7 Å². The smallest absolute Gasteiger partial charge is 0.331 e. The van der Waals surface area contributed by atoms with Crippen molar-refractivity contribution in [3.05, 3.63) is 54.1 Å². The van der Waals surface area contributed by atoms with Crippen molar-refractivity contribution < 1.29 is 19.4 Å². The number of hydrogen-bond acceptors (Lipinski definition) is 5. The number of urea groups is 1. The number of anilines is 2. The van der Waals surface area contributed by atoms with Gasteiger partial charge in [-0.25, -0.2) is 4.79 Å². The first-order valence-corrected chi connectivity index (χ1v) is 10.3. The summed E-state index contributed by atoms with van der Waals surface area (Å²) in [6.07, 6.45) is 1.29. The molecule has 3 amide bonds. The summed E-state index contributed by atoms with van der Waals surface area (Å²) in [4.78, 5) is 30.7. The van der Waals surface area contributed by atoms with Gasteiger partial charge in [-0.2, -0.15) is 0 Å². The van der Waals surface area contributed by atoms with E-state index < -0.39 is 0 Å². The molecule has 0 bridgehead atoms. The van der Waals surface area contributed by atoms with Gasteiger partial charge in [-0.05, 0) is 48.4 Å². The molecular weight excluding hydrogens is 382 g/mol. The topological polar surface area (TPSA) is 73.3 Å². The first kappa shape index (κ1) is 20.2. The van der Waals surface area contributed by atoms with Crippen molar-refractivity contribution in [1.82, 2.24) is 4.90 Å². The maximum Gasteiger partial charge on any atom is 0.331 e. The minimum Gasteiger partial charge on any atom is -0.497 e. The van der Waals surface area contributed by atoms with Crippen molar-refractivity contribution >= 4 is 23.3 Å². The molecule has 2 fully saturated rings. The lowest BCUT2D eigenvalue weighted by Crippen LogP contribution is -2.52. The van der Waals surface area contributed by atoms with Gasteiger partial charge in [0.1, 0.15) is 5.75 Å². The molecule has 0 saturated carbocycles. The van der Waals surface area contributed by atoms with E-state index in [9.17, 15) is 14.7 Å². The molecule has 0 aliphatic carbocycles. The van der Waals surface area contributed by atoms with E-state index >= 15 is 0 Å². The van der Waals surface area contributed by atoms with Crippen molar-refractivity contribution in [2.75, 3.05) is 43.2 Å². The second-order valence-corrected chi connectivity index (χ2v) is 7.81. The zero-order chi connectivity index (χ0) is 21.1. The van der Waals surface area contributed by atoms with E-state index in [1.54, 1.807) is 12.0 Å². The van der Waals surface area contributed by atoms with E-state index in [1.807, 2.05) is 48.5 Å². The van der Waals surface area contributed by atoms with Crippen molar-refractivity contribution in [2.24, 2.45) is 5.92 Å². The van der Waals surface area contributed by atoms with Crippen molar-refractivity contribution in [3.8, 4) is 5.75 Å². The first-order valence-electron chi connectivity index (χ1n) is 10.3. The van der Waals surface area contributed by atoms with Crippen LogP contribution in [0.2, 0.25) is 0 Å². The Morgan fingerprint density at radius 1 is 1.00 bits per heavy atom. The Kier molecular flexibility index (Phi) is 5.90. The lowest BCUT2D eigenvalue weighted by Gasteiger charge is -2.34. The van der Waals surface area contributed by atoms with Crippen molar-refractivity contribution in [2.45, 2.75) is 19.4 Å². The lowest BCUT2D eigenvalue weighted by atomic mass is 10.1. The monoisotopic (exact) mass is 409 g/mol. The molecule has 1 atom stereocenters. The molecule has 2 aliphatic heterocycles. The first-order chi connectivity index (χ1) is 14.6. The number of hydrogen-bond donors (Lipinski definition) is 1. The summed E-state index contributed by atoms with van der Waals surface area (Å²) in [7, 11) is 1.60. The number of carbonyl (C=O) groups is 2. The SMILES string of the molecule is COc1ccc(CN2C(=O)CCN(c3ccc(N4CCC(CO)C4)cc3)C2=O)cc1. The molecule has 4 rings (SSSR count). The minimum atomic E-state index is -0.295. The van der Waals surface area contributed by atoms with E-state index in [0.29, 0.717) is 18.9 Å². The third-order valence-corrected chi connectivity index (χ3v) is 5.88. The van der Waals surface area contributed by atoms with Gasteiger partial charge in [-0.3, -0.25) is 14.6 Å². The fourth-order valence-corrected chi connectivity index (χ4v) is 4.06. The number of methoxy groups -OCH3 is 1. The van der Waals surface area contributed by atoms with Crippen LogP contribution < -0.4 is 14.5 Å².